The smallest absolute Gasteiger partial charge is 0.251 e. The molecule has 2 amide bonds. The molecule has 1 aromatic carbocycles. The van der Waals surface area contributed by atoms with Gasteiger partial charge in [-0.2, -0.15) is 0 Å². The van der Waals surface area contributed by atoms with E-state index in [-0.39, 0.29) is 11.8 Å². The van der Waals surface area contributed by atoms with E-state index in [4.69, 9.17) is 9.16 Å². The molecule has 0 saturated carbocycles. The summed E-state index contributed by atoms with van der Waals surface area (Å²) in [7, 11) is -0.435. The number of benzene rings is 1. The van der Waals surface area contributed by atoms with Gasteiger partial charge in [-0.15, -0.1) is 0 Å². The predicted molar refractivity (Wildman–Crippen MR) is 115 cm³/mol. The highest BCUT2D eigenvalue weighted by molar-refractivity contribution is 6.69. The zero-order valence-corrected chi connectivity index (χ0v) is 19.3. The summed E-state index contributed by atoms with van der Waals surface area (Å²) < 4.78 is 12.5. The number of rotatable bonds is 8. The fraction of sp³-hybridized carbons (Fsp3) is 0.636. The van der Waals surface area contributed by atoms with Crippen LogP contribution in [0.5, 0.6) is 0 Å². The average Bonchev–Trinajstić information content (AvgIpc) is 2.85. The van der Waals surface area contributed by atoms with Gasteiger partial charge in [-0.3, -0.25) is 9.59 Å². The lowest BCUT2D eigenvalue weighted by Crippen LogP contribution is -2.69. The van der Waals surface area contributed by atoms with Gasteiger partial charge in [-0.25, -0.2) is 0 Å². The fourth-order valence-corrected chi connectivity index (χ4v) is 5.83. The summed E-state index contributed by atoms with van der Waals surface area (Å²) in [5, 5.41) is 0. The third-order valence-electron chi connectivity index (χ3n) is 5.73. The Labute approximate surface area is 175 Å². The van der Waals surface area contributed by atoms with Gasteiger partial charge in [0.25, 0.3) is 5.91 Å². The molecule has 0 aromatic heterocycles. The van der Waals surface area contributed by atoms with Crippen molar-refractivity contribution in [2.45, 2.75) is 76.7 Å². The van der Waals surface area contributed by atoms with E-state index in [0.29, 0.717) is 25.9 Å². The highest BCUT2D eigenvalue weighted by Crippen LogP contribution is 2.41. The van der Waals surface area contributed by atoms with Crippen molar-refractivity contribution in [2.24, 2.45) is 0 Å². The summed E-state index contributed by atoms with van der Waals surface area (Å²) >= 11 is 0. The van der Waals surface area contributed by atoms with Gasteiger partial charge < -0.3 is 19.0 Å². The number of carbonyl (C=O) groups is 2. The van der Waals surface area contributed by atoms with Crippen molar-refractivity contribution in [2.75, 3.05) is 13.7 Å². The van der Waals surface area contributed by atoms with Crippen molar-refractivity contribution in [3.8, 4) is 0 Å². The number of methoxy groups -OCH3 is 1. The second kappa shape index (κ2) is 8.58. The molecule has 3 aliphatic heterocycles. The first-order chi connectivity index (χ1) is 13.7. The van der Waals surface area contributed by atoms with Gasteiger partial charge in [0.15, 0.2) is 20.1 Å². The molecule has 3 atom stereocenters. The van der Waals surface area contributed by atoms with E-state index in [0.717, 1.165) is 18.4 Å². The largest absolute Gasteiger partial charge is 0.389 e. The maximum absolute atomic E-state index is 13.8. The van der Waals surface area contributed by atoms with Crippen molar-refractivity contribution in [3.05, 3.63) is 35.9 Å². The average molecular weight is 419 g/mol. The van der Waals surface area contributed by atoms with Crippen molar-refractivity contribution in [3.63, 3.8) is 0 Å². The predicted octanol–water partition coefficient (Wildman–Crippen LogP) is 3.38. The SMILES string of the molecule is CCCCN1C(=O)[C@@H]2CC[C@@](OC)(O[Si](C)(C)C)[C@H]1C(=O)N2Cc1ccccc1. The van der Waals surface area contributed by atoms with Crippen LogP contribution in [0.25, 0.3) is 0 Å². The molecular weight excluding hydrogens is 384 g/mol. The summed E-state index contributed by atoms with van der Waals surface area (Å²) in [5.41, 5.74) is 1.02. The Kier molecular flexibility index (Phi) is 6.50. The molecule has 0 spiro atoms. The number of fused-ring (bicyclic) bond motifs is 4. The maximum atomic E-state index is 13.8. The Morgan fingerprint density at radius 1 is 1.10 bits per heavy atom. The summed E-state index contributed by atoms with van der Waals surface area (Å²) in [4.78, 5) is 30.7. The number of unbranched alkanes of at least 4 members (excludes halogenated alkanes) is 1. The van der Waals surface area contributed by atoms with Crippen LogP contribution in [0.2, 0.25) is 19.6 Å². The van der Waals surface area contributed by atoms with Crippen molar-refractivity contribution in [1.82, 2.24) is 9.80 Å². The van der Waals surface area contributed by atoms with Crippen LogP contribution in [-0.2, 0) is 25.3 Å². The molecule has 0 N–H and O–H groups in total. The molecule has 4 rings (SSSR count). The van der Waals surface area contributed by atoms with Crippen LogP contribution in [-0.4, -0.2) is 61.5 Å². The number of amides is 2. The maximum Gasteiger partial charge on any atom is 0.251 e. The molecule has 1 aromatic rings. The van der Waals surface area contributed by atoms with E-state index < -0.39 is 26.2 Å². The molecule has 29 heavy (non-hydrogen) atoms. The molecule has 2 bridgehead atoms. The number of piperazine rings is 1. The summed E-state index contributed by atoms with van der Waals surface area (Å²) in [6.07, 6.45) is 2.90. The van der Waals surface area contributed by atoms with Gasteiger partial charge >= 0.3 is 0 Å². The van der Waals surface area contributed by atoms with Gasteiger partial charge in [0.05, 0.1) is 0 Å². The third-order valence-corrected chi connectivity index (χ3v) is 6.69. The Morgan fingerprint density at radius 3 is 2.38 bits per heavy atom. The first-order valence-electron chi connectivity index (χ1n) is 10.6. The zero-order chi connectivity index (χ0) is 21.2. The van der Waals surface area contributed by atoms with Gasteiger partial charge in [0.2, 0.25) is 5.91 Å². The monoisotopic (exact) mass is 418 g/mol. The quantitative estimate of drug-likeness (QED) is 0.480. The summed E-state index contributed by atoms with van der Waals surface area (Å²) in [6, 6.07) is 8.66. The van der Waals surface area contributed by atoms with Gasteiger partial charge in [-0.1, -0.05) is 43.7 Å². The van der Waals surface area contributed by atoms with Gasteiger partial charge in [0.1, 0.15) is 6.04 Å². The number of nitrogens with zero attached hydrogens (tertiary/aromatic N) is 2. The molecule has 3 heterocycles. The number of ether oxygens (including phenoxy) is 1. The van der Waals surface area contributed by atoms with E-state index in [1.165, 1.54) is 0 Å². The Balaban J connectivity index is 2.02. The van der Waals surface area contributed by atoms with Crippen LogP contribution in [0.3, 0.4) is 0 Å². The standard InChI is InChI=1S/C22H34N2O4Si/c1-6-7-15-23-19-21(26)24(16-17-11-9-8-10-12-17)18(20(23)25)13-14-22(19,27-2)28-29(3,4)5/h8-12,18-19H,6-7,13-16H2,1-5H3/t18-,19+,22+/m0/s1. The van der Waals surface area contributed by atoms with Gasteiger partial charge in [-0.05, 0) is 38.0 Å². The topological polar surface area (TPSA) is 59.1 Å². The van der Waals surface area contributed by atoms with E-state index >= 15 is 0 Å². The molecule has 0 aliphatic carbocycles. The first-order valence-corrected chi connectivity index (χ1v) is 14.0. The molecule has 3 aliphatic rings. The molecule has 160 valence electrons. The molecule has 7 heteroatoms. The molecule has 0 unspecified atom stereocenters. The van der Waals surface area contributed by atoms with Crippen LogP contribution in [0.15, 0.2) is 30.3 Å². The summed E-state index contributed by atoms with van der Waals surface area (Å²) in [5.74, 6) is -1.12. The minimum atomic E-state index is -2.04. The highest BCUT2D eigenvalue weighted by Gasteiger charge is 2.60. The Bertz CT molecular complexity index is 736. The lowest BCUT2D eigenvalue weighted by atomic mass is 10.0. The van der Waals surface area contributed by atoms with Crippen LogP contribution in [0, 0.1) is 0 Å². The minimum Gasteiger partial charge on any atom is -0.389 e. The van der Waals surface area contributed by atoms with E-state index in [9.17, 15) is 9.59 Å². The van der Waals surface area contributed by atoms with Crippen molar-refractivity contribution < 1.29 is 18.8 Å². The lowest BCUT2D eigenvalue weighted by molar-refractivity contribution is -0.218. The van der Waals surface area contributed by atoms with E-state index in [1.54, 1.807) is 16.9 Å². The Morgan fingerprint density at radius 2 is 1.79 bits per heavy atom. The molecule has 6 nitrogen and oxygen atoms in total. The lowest BCUT2D eigenvalue weighted by Gasteiger charge is -2.48. The first kappa shape index (κ1) is 22.0. The molecule has 3 fully saturated rings. The van der Waals surface area contributed by atoms with E-state index in [2.05, 4.69) is 26.6 Å². The number of hydrogen-bond acceptors (Lipinski definition) is 4. The second-order valence-corrected chi connectivity index (χ2v) is 13.5. The second-order valence-electron chi connectivity index (χ2n) is 9.02. The fourth-order valence-electron chi connectivity index (χ4n) is 4.49. The summed E-state index contributed by atoms with van der Waals surface area (Å²) in [6.45, 7) is 9.36. The van der Waals surface area contributed by atoms with E-state index in [1.807, 2.05) is 30.3 Å². The number of carbonyl (C=O) groups excluding carboxylic acids is 2. The van der Waals surface area contributed by atoms with Crippen molar-refractivity contribution >= 4 is 20.1 Å². The molecule has 3 saturated heterocycles. The number of hydrogen-bond donors (Lipinski definition) is 0. The van der Waals surface area contributed by atoms with Crippen molar-refractivity contribution in [1.29, 1.82) is 0 Å². The van der Waals surface area contributed by atoms with Crippen LogP contribution < -0.4 is 0 Å². The normalized spacial score (nSPS) is 27.5. The minimum absolute atomic E-state index is 0.0251. The molecule has 0 radical (unpaired) electrons. The van der Waals surface area contributed by atoms with Crippen LogP contribution in [0.4, 0.5) is 0 Å². The van der Waals surface area contributed by atoms with Crippen LogP contribution >= 0.6 is 0 Å². The third kappa shape index (κ3) is 4.42. The van der Waals surface area contributed by atoms with Crippen LogP contribution in [0.1, 0.15) is 38.2 Å². The highest BCUT2D eigenvalue weighted by atomic mass is 28.4. The Hall–Kier alpha value is -1.70. The zero-order valence-electron chi connectivity index (χ0n) is 18.3. The van der Waals surface area contributed by atoms with Gasteiger partial charge in [0, 0.05) is 26.6 Å². The molecular formula is C22H34N2O4Si.